The number of fused-ring (bicyclic) bond motifs is 1. The molecule has 0 radical (unpaired) electrons. The van der Waals surface area contributed by atoms with Gasteiger partial charge >= 0.3 is 5.97 Å². The van der Waals surface area contributed by atoms with Crippen LogP contribution in [0.15, 0.2) is 60.7 Å². The molecule has 31 heavy (non-hydrogen) atoms. The van der Waals surface area contributed by atoms with Gasteiger partial charge in [-0.15, -0.1) is 0 Å². The molecule has 1 amide bonds. The number of esters is 1. The molecule has 3 aromatic carbocycles. The Morgan fingerprint density at radius 1 is 1.13 bits per heavy atom. The fourth-order valence-corrected chi connectivity index (χ4v) is 4.09. The number of rotatable bonds is 5. The first-order chi connectivity index (χ1) is 15.0. The molecule has 2 atom stereocenters. The van der Waals surface area contributed by atoms with Crippen LogP contribution in [0.2, 0.25) is 0 Å². The van der Waals surface area contributed by atoms with Crippen LogP contribution < -0.4 is 5.32 Å². The van der Waals surface area contributed by atoms with Crippen molar-refractivity contribution in [3.63, 3.8) is 0 Å². The van der Waals surface area contributed by atoms with Crippen molar-refractivity contribution in [2.75, 3.05) is 13.7 Å². The van der Waals surface area contributed by atoms with E-state index in [1.54, 1.807) is 36.4 Å². The van der Waals surface area contributed by atoms with Crippen LogP contribution in [-0.4, -0.2) is 47.6 Å². The number of ether oxygens (including phenoxy) is 1. The molecule has 0 saturated carbocycles. The van der Waals surface area contributed by atoms with Crippen molar-refractivity contribution in [2.45, 2.75) is 25.0 Å². The highest BCUT2D eigenvalue weighted by atomic mass is 19.1. The van der Waals surface area contributed by atoms with Gasteiger partial charge in [0.2, 0.25) is 0 Å². The van der Waals surface area contributed by atoms with E-state index in [1.165, 1.54) is 19.2 Å². The Hall–Kier alpha value is -3.45. The van der Waals surface area contributed by atoms with Crippen molar-refractivity contribution in [2.24, 2.45) is 0 Å². The molecule has 4 rings (SSSR count). The highest BCUT2D eigenvalue weighted by Gasteiger charge is 2.38. The molecular weight excluding hydrogens is 399 g/mol. The zero-order valence-electron chi connectivity index (χ0n) is 17.0. The van der Waals surface area contributed by atoms with Gasteiger partial charge < -0.3 is 15.2 Å². The lowest BCUT2D eigenvalue weighted by Crippen LogP contribution is -2.37. The van der Waals surface area contributed by atoms with E-state index in [9.17, 15) is 19.1 Å². The summed E-state index contributed by atoms with van der Waals surface area (Å²) < 4.78 is 18.1. The van der Waals surface area contributed by atoms with Crippen molar-refractivity contribution in [1.29, 1.82) is 0 Å². The molecule has 0 spiro atoms. The lowest BCUT2D eigenvalue weighted by molar-refractivity contribution is -0.146. The molecule has 6 nitrogen and oxygen atoms in total. The van der Waals surface area contributed by atoms with Gasteiger partial charge in [0, 0.05) is 24.5 Å². The van der Waals surface area contributed by atoms with Gasteiger partial charge in [-0.1, -0.05) is 42.5 Å². The Bertz CT molecular complexity index is 1120. The third kappa shape index (κ3) is 4.36. The number of halogens is 1. The molecule has 0 aliphatic carbocycles. The topological polar surface area (TPSA) is 78.9 Å². The maximum atomic E-state index is 13.2. The van der Waals surface area contributed by atoms with Gasteiger partial charge in [0.1, 0.15) is 17.6 Å². The summed E-state index contributed by atoms with van der Waals surface area (Å²) in [5, 5.41) is 14.9. The number of phenols is 1. The van der Waals surface area contributed by atoms with Crippen molar-refractivity contribution in [3.8, 4) is 5.75 Å². The standard InChI is InChI=1S/C24H23FN2O4/c1-31-24(30)21-12-18(14-27(21)13-15-6-9-17(25)10-7-15)26-23(29)20-11-8-16-4-2-3-5-19(16)22(20)28/h2-11,18,21,28H,12-14H2,1H3,(H,26,29)/t18-,21+/m1/s1. The van der Waals surface area contributed by atoms with Gasteiger partial charge in [-0.3, -0.25) is 14.5 Å². The molecule has 1 heterocycles. The van der Waals surface area contributed by atoms with Gasteiger partial charge in [-0.05, 0) is 35.6 Å². The van der Waals surface area contributed by atoms with Gasteiger partial charge in [0.25, 0.3) is 5.91 Å². The first kappa shape index (κ1) is 20.8. The zero-order chi connectivity index (χ0) is 22.0. The molecule has 0 bridgehead atoms. The van der Waals surface area contributed by atoms with Crippen LogP contribution in [0, 0.1) is 5.82 Å². The summed E-state index contributed by atoms with van der Waals surface area (Å²) in [7, 11) is 1.33. The maximum Gasteiger partial charge on any atom is 0.323 e. The summed E-state index contributed by atoms with van der Waals surface area (Å²) in [5.41, 5.74) is 1.04. The molecular formula is C24H23FN2O4. The minimum atomic E-state index is -0.523. The number of hydrogen-bond donors (Lipinski definition) is 2. The highest BCUT2D eigenvalue weighted by molar-refractivity contribution is 6.03. The molecule has 1 fully saturated rings. The largest absolute Gasteiger partial charge is 0.506 e. The SMILES string of the molecule is COC(=O)[C@@H]1C[C@@H](NC(=O)c2ccc3ccccc3c2O)CN1Cc1ccc(F)cc1. The smallest absolute Gasteiger partial charge is 0.323 e. The fraction of sp³-hybridized carbons (Fsp3) is 0.250. The predicted octanol–water partition coefficient (Wildman–Crippen LogP) is 3.23. The molecule has 0 unspecified atom stereocenters. The second-order valence-corrected chi connectivity index (χ2v) is 7.68. The number of phenolic OH excluding ortho intramolecular Hbond substituents is 1. The molecule has 1 saturated heterocycles. The quantitative estimate of drug-likeness (QED) is 0.618. The number of amides is 1. The first-order valence-electron chi connectivity index (χ1n) is 10.0. The second kappa shape index (κ2) is 8.73. The number of hydrogen-bond acceptors (Lipinski definition) is 5. The van der Waals surface area contributed by atoms with Crippen LogP contribution in [0.3, 0.4) is 0 Å². The number of likely N-dealkylation sites (tertiary alicyclic amines) is 1. The summed E-state index contributed by atoms with van der Waals surface area (Å²) in [5.74, 6) is -1.18. The van der Waals surface area contributed by atoms with E-state index in [0.29, 0.717) is 24.9 Å². The Kier molecular flexibility index (Phi) is 5.86. The number of aromatic hydroxyl groups is 1. The third-order valence-electron chi connectivity index (χ3n) is 5.66. The van der Waals surface area contributed by atoms with Crippen molar-refractivity contribution in [1.82, 2.24) is 10.2 Å². The average molecular weight is 422 g/mol. The average Bonchev–Trinajstić information content (AvgIpc) is 3.17. The molecule has 7 heteroatoms. The monoisotopic (exact) mass is 422 g/mol. The van der Waals surface area contributed by atoms with Crippen LogP contribution in [0.4, 0.5) is 4.39 Å². The summed E-state index contributed by atoms with van der Waals surface area (Å²) in [6.45, 7) is 0.852. The summed E-state index contributed by atoms with van der Waals surface area (Å²) in [6.07, 6.45) is 0.383. The van der Waals surface area contributed by atoms with E-state index < -0.39 is 11.9 Å². The molecule has 1 aliphatic rings. The van der Waals surface area contributed by atoms with Crippen molar-refractivity contribution in [3.05, 3.63) is 77.6 Å². The fourth-order valence-electron chi connectivity index (χ4n) is 4.09. The number of nitrogens with zero attached hydrogens (tertiary/aromatic N) is 1. The van der Waals surface area contributed by atoms with Gasteiger partial charge in [-0.2, -0.15) is 0 Å². The van der Waals surface area contributed by atoms with E-state index in [-0.39, 0.29) is 29.1 Å². The second-order valence-electron chi connectivity index (χ2n) is 7.68. The Labute approximate surface area is 179 Å². The molecule has 2 N–H and O–H groups in total. The van der Waals surface area contributed by atoms with Crippen LogP contribution in [0.1, 0.15) is 22.3 Å². The lowest BCUT2D eigenvalue weighted by Gasteiger charge is -2.22. The Morgan fingerprint density at radius 2 is 1.87 bits per heavy atom. The van der Waals surface area contributed by atoms with Crippen LogP contribution in [0.5, 0.6) is 5.75 Å². The van der Waals surface area contributed by atoms with Gasteiger partial charge in [0.05, 0.1) is 12.7 Å². The molecule has 0 aromatic heterocycles. The Morgan fingerprint density at radius 3 is 2.61 bits per heavy atom. The van der Waals surface area contributed by atoms with E-state index in [4.69, 9.17) is 4.74 Å². The van der Waals surface area contributed by atoms with E-state index in [2.05, 4.69) is 5.32 Å². The number of carbonyl (C=O) groups is 2. The molecule has 1 aliphatic heterocycles. The maximum absolute atomic E-state index is 13.2. The molecule has 3 aromatic rings. The van der Waals surface area contributed by atoms with Crippen molar-refractivity contribution < 1.29 is 23.8 Å². The minimum absolute atomic E-state index is 0.0683. The summed E-state index contributed by atoms with van der Waals surface area (Å²) >= 11 is 0. The number of methoxy groups -OCH3 is 1. The normalized spacial score (nSPS) is 18.8. The van der Waals surface area contributed by atoms with Crippen LogP contribution in [0.25, 0.3) is 10.8 Å². The Balaban J connectivity index is 1.50. The number of nitrogens with one attached hydrogen (secondary N) is 1. The number of carbonyl (C=O) groups excluding carboxylic acids is 2. The van der Waals surface area contributed by atoms with Crippen LogP contribution in [-0.2, 0) is 16.1 Å². The molecule has 160 valence electrons. The van der Waals surface area contributed by atoms with E-state index in [1.807, 2.05) is 17.0 Å². The van der Waals surface area contributed by atoms with E-state index in [0.717, 1.165) is 10.9 Å². The summed E-state index contributed by atoms with van der Waals surface area (Å²) in [4.78, 5) is 27.1. The highest BCUT2D eigenvalue weighted by Crippen LogP contribution is 2.29. The number of benzene rings is 3. The predicted molar refractivity (Wildman–Crippen MR) is 114 cm³/mol. The minimum Gasteiger partial charge on any atom is -0.506 e. The van der Waals surface area contributed by atoms with Gasteiger partial charge in [-0.25, -0.2) is 4.39 Å². The van der Waals surface area contributed by atoms with Crippen LogP contribution >= 0.6 is 0 Å². The zero-order valence-corrected chi connectivity index (χ0v) is 17.0. The van der Waals surface area contributed by atoms with Gasteiger partial charge in [0.15, 0.2) is 0 Å². The van der Waals surface area contributed by atoms with E-state index >= 15 is 0 Å². The van der Waals surface area contributed by atoms with Crippen molar-refractivity contribution >= 4 is 22.6 Å². The first-order valence-corrected chi connectivity index (χ1v) is 10.0. The summed E-state index contributed by atoms with van der Waals surface area (Å²) in [6, 6.07) is 15.9. The lowest BCUT2D eigenvalue weighted by atomic mass is 10.0. The third-order valence-corrected chi connectivity index (χ3v) is 5.66.